The second-order valence-corrected chi connectivity index (χ2v) is 11.4. The number of thiazole rings is 1. The highest BCUT2D eigenvalue weighted by Crippen LogP contribution is 2.27. The van der Waals surface area contributed by atoms with Crippen molar-refractivity contribution < 1.29 is 19.0 Å². The van der Waals surface area contributed by atoms with Crippen LogP contribution >= 0.6 is 11.3 Å². The molecule has 1 amide bonds. The summed E-state index contributed by atoms with van der Waals surface area (Å²) in [5.41, 5.74) is 1.59. The van der Waals surface area contributed by atoms with Crippen molar-refractivity contribution in [3.63, 3.8) is 0 Å². The Balaban J connectivity index is 0.00000320. The van der Waals surface area contributed by atoms with Gasteiger partial charge in [-0.3, -0.25) is 9.52 Å². The predicted octanol–water partition coefficient (Wildman–Crippen LogP) is 4.58. The van der Waals surface area contributed by atoms with E-state index in [9.17, 15) is 17.6 Å². The van der Waals surface area contributed by atoms with Crippen molar-refractivity contribution in [3.8, 4) is 0 Å². The number of fused-ring (bicyclic) bond motifs is 1. The second-order valence-electron chi connectivity index (χ2n) is 8.83. The number of amides is 1. The van der Waals surface area contributed by atoms with Crippen molar-refractivity contribution >= 4 is 49.0 Å². The SMILES string of the molecule is CC1CN(c2ccc(S(=O)(=O)Nc3nccs3)cc2)CCN1C(=O)C(C)n1ccc2c(F)cccc21.[HH]. The average molecular weight is 530 g/mol. The van der Waals surface area contributed by atoms with Gasteiger partial charge in [-0.2, -0.15) is 0 Å². The predicted molar refractivity (Wildman–Crippen MR) is 141 cm³/mol. The lowest BCUT2D eigenvalue weighted by Crippen LogP contribution is -2.55. The Bertz CT molecular complexity index is 1490. The maximum absolute atomic E-state index is 14.1. The van der Waals surface area contributed by atoms with Crippen LogP contribution in [-0.2, 0) is 14.8 Å². The summed E-state index contributed by atoms with van der Waals surface area (Å²) in [6, 6.07) is 12.8. The molecule has 1 fully saturated rings. The van der Waals surface area contributed by atoms with Gasteiger partial charge in [-0.05, 0) is 56.3 Å². The van der Waals surface area contributed by atoms with Crippen molar-refractivity contribution in [2.75, 3.05) is 29.3 Å². The Morgan fingerprint density at radius 1 is 1.19 bits per heavy atom. The Hall–Kier alpha value is -3.44. The number of benzene rings is 2. The number of nitrogens with one attached hydrogen (secondary N) is 1. The molecule has 11 heteroatoms. The van der Waals surface area contributed by atoms with Crippen LogP contribution in [0.2, 0.25) is 0 Å². The van der Waals surface area contributed by atoms with E-state index in [-0.39, 0.29) is 24.1 Å². The zero-order valence-corrected chi connectivity index (χ0v) is 21.5. The lowest BCUT2D eigenvalue weighted by atomic mass is 10.1. The first-order valence-electron chi connectivity index (χ1n) is 11.6. The van der Waals surface area contributed by atoms with Crippen LogP contribution in [-0.4, -0.2) is 54.5 Å². The van der Waals surface area contributed by atoms with E-state index >= 15 is 0 Å². The molecule has 2 atom stereocenters. The van der Waals surface area contributed by atoms with Crippen molar-refractivity contribution in [2.45, 2.75) is 30.8 Å². The first kappa shape index (κ1) is 24.3. The highest BCUT2D eigenvalue weighted by Gasteiger charge is 2.31. The summed E-state index contributed by atoms with van der Waals surface area (Å²) in [4.78, 5) is 21.5. The fourth-order valence-corrected chi connectivity index (χ4v) is 6.44. The Morgan fingerprint density at radius 2 is 1.97 bits per heavy atom. The van der Waals surface area contributed by atoms with E-state index in [2.05, 4.69) is 14.6 Å². The monoisotopic (exact) mass is 529 g/mol. The summed E-state index contributed by atoms with van der Waals surface area (Å²) >= 11 is 1.22. The highest BCUT2D eigenvalue weighted by molar-refractivity contribution is 7.93. The van der Waals surface area contributed by atoms with Crippen molar-refractivity contribution in [3.05, 3.63) is 72.1 Å². The van der Waals surface area contributed by atoms with Gasteiger partial charge in [0, 0.05) is 56.0 Å². The normalized spacial score (nSPS) is 17.4. The lowest BCUT2D eigenvalue weighted by Gasteiger charge is -2.42. The molecule has 2 aromatic heterocycles. The van der Waals surface area contributed by atoms with Gasteiger partial charge in [0.1, 0.15) is 11.9 Å². The van der Waals surface area contributed by atoms with Gasteiger partial charge in [0.05, 0.1) is 10.4 Å². The third-order valence-electron chi connectivity index (χ3n) is 6.56. The molecular weight excluding hydrogens is 501 g/mol. The number of piperazine rings is 1. The summed E-state index contributed by atoms with van der Waals surface area (Å²) < 4.78 is 43.6. The number of hydrogen-bond acceptors (Lipinski definition) is 6. The Morgan fingerprint density at radius 3 is 2.67 bits per heavy atom. The van der Waals surface area contributed by atoms with Gasteiger partial charge in [-0.25, -0.2) is 17.8 Å². The molecule has 3 heterocycles. The molecule has 1 aliphatic rings. The average Bonchev–Trinajstić information content (AvgIpc) is 3.53. The minimum atomic E-state index is -3.71. The summed E-state index contributed by atoms with van der Waals surface area (Å²) in [7, 11) is -3.71. The number of anilines is 2. The smallest absolute Gasteiger partial charge is 0.263 e. The van der Waals surface area contributed by atoms with E-state index in [4.69, 9.17) is 0 Å². The molecule has 4 aromatic rings. The fourth-order valence-electron chi connectivity index (χ4n) is 4.65. The quantitative estimate of drug-likeness (QED) is 0.395. The molecule has 0 radical (unpaired) electrons. The molecule has 0 aliphatic carbocycles. The third-order valence-corrected chi connectivity index (χ3v) is 8.73. The van der Waals surface area contributed by atoms with Gasteiger partial charge in [0.15, 0.2) is 5.13 Å². The van der Waals surface area contributed by atoms with Crippen LogP contribution in [0.5, 0.6) is 0 Å². The maximum atomic E-state index is 14.1. The van der Waals surface area contributed by atoms with Gasteiger partial charge in [-0.15, -0.1) is 11.3 Å². The standard InChI is InChI=1S/C25H26FN5O3S2.H2/c1-17-16-29(19-6-8-20(9-7-19)36(33,34)28-25-27-11-15-35-25)13-14-30(17)24(32)18(2)31-12-10-21-22(26)4-3-5-23(21)31;/h3-12,15,17-18H,13-14,16H2,1-2H3,(H,27,28);1H. The van der Waals surface area contributed by atoms with Crippen LogP contribution in [0.25, 0.3) is 10.9 Å². The number of halogens is 1. The lowest BCUT2D eigenvalue weighted by molar-refractivity contribution is -0.136. The van der Waals surface area contributed by atoms with Crippen LogP contribution in [0.3, 0.4) is 0 Å². The van der Waals surface area contributed by atoms with Crippen LogP contribution in [0.4, 0.5) is 15.2 Å². The number of hydrogen-bond donors (Lipinski definition) is 1. The first-order valence-corrected chi connectivity index (χ1v) is 13.9. The Labute approximate surface area is 214 Å². The van der Waals surface area contributed by atoms with Crippen LogP contribution in [0.15, 0.2) is 71.2 Å². The van der Waals surface area contributed by atoms with E-state index in [1.54, 1.807) is 54.2 Å². The highest BCUT2D eigenvalue weighted by atomic mass is 32.2. The first-order chi connectivity index (χ1) is 17.2. The molecule has 1 aliphatic heterocycles. The maximum Gasteiger partial charge on any atom is 0.263 e. The molecule has 0 bridgehead atoms. The molecule has 1 saturated heterocycles. The molecule has 2 aromatic carbocycles. The van der Waals surface area contributed by atoms with Gasteiger partial charge in [0.2, 0.25) is 5.91 Å². The largest absolute Gasteiger partial charge is 0.368 e. The summed E-state index contributed by atoms with van der Waals surface area (Å²) in [5, 5.41) is 2.52. The summed E-state index contributed by atoms with van der Waals surface area (Å²) in [6.45, 7) is 5.60. The summed E-state index contributed by atoms with van der Waals surface area (Å²) in [5.74, 6) is -0.315. The van der Waals surface area contributed by atoms with Gasteiger partial charge < -0.3 is 14.4 Å². The zero-order valence-electron chi connectivity index (χ0n) is 19.8. The van der Waals surface area contributed by atoms with Crippen molar-refractivity contribution in [2.24, 2.45) is 0 Å². The minimum Gasteiger partial charge on any atom is -0.368 e. The van der Waals surface area contributed by atoms with E-state index in [1.165, 1.54) is 17.4 Å². The van der Waals surface area contributed by atoms with Crippen molar-refractivity contribution in [1.29, 1.82) is 0 Å². The van der Waals surface area contributed by atoms with Gasteiger partial charge in [-0.1, -0.05) is 6.07 Å². The van der Waals surface area contributed by atoms with Crippen LogP contribution in [0.1, 0.15) is 21.3 Å². The van der Waals surface area contributed by atoms with Crippen LogP contribution < -0.4 is 9.62 Å². The van der Waals surface area contributed by atoms with E-state index in [0.717, 1.165) is 5.69 Å². The van der Waals surface area contributed by atoms with Crippen molar-refractivity contribution in [1.82, 2.24) is 14.5 Å². The Kier molecular flexibility index (Phi) is 6.44. The third kappa shape index (κ3) is 4.56. The number of aromatic nitrogens is 2. The number of sulfonamides is 1. The number of rotatable bonds is 6. The molecule has 2 unspecified atom stereocenters. The van der Waals surface area contributed by atoms with E-state index in [1.807, 2.05) is 29.4 Å². The number of carbonyl (C=O) groups is 1. The number of nitrogens with zero attached hydrogens (tertiary/aromatic N) is 4. The summed E-state index contributed by atoms with van der Waals surface area (Å²) in [6.07, 6.45) is 3.30. The molecule has 190 valence electrons. The molecule has 0 saturated carbocycles. The fraction of sp³-hybridized carbons (Fsp3) is 0.280. The molecule has 36 heavy (non-hydrogen) atoms. The van der Waals surface area contributed by atoms with Gasteiger partial charge >= 0.3 is 0 Å². The number of carbonyl (C=O) groups excluding carboxylic acids is 1. The van der Waals surface area contributed by atoms with E-state index in [0.29, 0.717) is 35.7 Å². The van der Waals surface area contributed by atoms with E-state index < -0.39 is 16.1 Å². The second kappa shape index (κ2) is 9.55. The molecule has 1 N–H and O–H groups in total. The van der Waals surface area contributed by atoms with Gasteiger partial charge in [0.25, 0.3) is 10.0 Å². The zero-order chi connectivity index (χ0) is 25.4. The topological polar surface area (TPSA) is 87.5 Å². The molecule has 0 spiro atoms. The molecule has 5 rings (SSSR count). The minimum absolute atomic E-state index is 0. The molecular formula is C25H28FN5O3S2. The molecule has 8 nitrogen and oxygen atoms in total. The van der Waals surface area contributed by atoms with Crippen LogP contribution in [0, 0.1) is 5.82 Å².